The summed E-state index contributed by atoms with van der Waals surface area (Å²) in [5, 5.41) is 0. The maximum atomic E-state index is 12.8. The highest BCUT2D eigenvalue weighted by molar-refractivity contribution is 6.08. The molecule has 1 heterocycles. The van der Waals surface area contributed by atoms with Crippen LogP contribution in [0.4, 0.5) is 5.69 Å². The third-order valence-electron chi connectivity index (χ3n) is 5.42. The number of amides is 1. The minimum Gasteiger partial charge on any atom is -0.497 e. The van der Waals surface area contributed by atoms with E-state index in [0.717, 1.165) is 35.5 Å². The molecule has 24 heavy (non-hydrogen) atoms. The molecular formula is C21H23NO2. The SMILES string of the molecule is COc1ccc2c(c1)CCN(c1ccc(C3CCCC3)cc1)C2=O. The van der Waals surface area contributed by atoms with E-state index in [1.165, 1.54) is 31.2 Å². The Bertz CT molecular complexity index is 745. The van der Waals surface area contributed by atoms with Crippen molar-refractivity contribution in [1.82, 2.24) is 0 Å². The van der Waals surface area contributed by atoms with Crippen molar-refractivity contribution in [1.29, 1.82) is 0 Å². The molecule has 0 aromatic heterocycles. The fourth-order valence-corrected chi connectivity index (χ4v) is 4.02. The number of fused-ring (bicyclic) bond motifs is 1. The van der Waals surface area contributed by atoms with Crippen LogP contribution in [0.25, 0.3) is 0 Å². The summed E-state index contributed by atoms with van der Waals surface area (Å²) in [6, 6.07) is 14.4. The number of benzene rings is 2. The Morgan fingerprint density at radius 2 is 1.79 bits per heavy atom. The van der Waals surface area contributed by atoms with Crippen LogP contribution in [0.15, 0.2) is 42.5 Å². The molecule has 3 heteroatoms. The zero-order valence-corrected chi connectivity index (χ0v) is 14.1. The van der Waals surface area contributed by atoms with E-state index in [0.29, 0.717) is 5.92 Å². The Labute approximate surface area is 143 Å². The number of hydrogen-bond donors (Lipinski definition) is 0. The van der Waals surface area contributed by atoms with Crippen molar-refractivity contribution in [3.63, 3.8) is 0 Å². The lowest BCUT2D eigenvalue weighted by molar-refractivity contribution is 0.0980. The van der Waals surface area contributed by atoms with Crippen LogP contribution in [0.3, 0.4) is 0 Å². The van der Waals surface area contributed by atoms with Crippen molar-refractivity contribution < 1.29 is 9.53 Å². The molecule has 0 saturated heterocycles. The zero-order chi connectivity index (χ0) is 16.5. The molecule has 1 aliphatic heterocycles. The van der Waals surface area contributed by atoms with E-state index in [1.54, 1.807) is 7.11 Å². The van der Waals surface area contributed by atoms with Crippen LogP contribution in [-0.2, 0) is 6.42 Å². The van der Waals surface area contributed by atoms with Crippen LogP contribution >= 0.6 is 0 Å². The van der Waals surface area contributed by atoms with E-state index >= 15 is 0 Å². The Kier molecular flexibility index (Phi) is 4.01. The van der Waals surface area contributed by atoms with Crippen molar-refractivity contribution in [2.75, 3.05) is 18.6 Å². The molecule has 0 spiro atoms. The molecule has 3 nitrogen and oxygen atoms in total. The Hall–Kier alpha value is -2.29. The smallest absolute Gasteiger partial charge is 0.258 e. The molecule has 0 atom stereocenters. The van der Waals surface area contributed by atoms with Gasteiger partial charge in [0, 0.05) is 17.8 Å². The van der Waals surface area contributed by atoms with Gasteiger partial charge in [-0.2, -0.15) is 0 Å². The van der Waals surface area contributed by atoms with Crippen LogP contribution in [-0.4, -0.2) is 19.6 Å². The van der Waals surface area contributed by atoms with Gasteiger partial charge in [-0.05, 0) is 66.6 Å². The minimum atomic E-state index is 0.0903. The van der Waals surface area contributed by atoms with Crippen LogP contribution in [0, 0.1) is 0 Å². The maximum Gasteiger partial charge on any atom is 0.258 e. The molecule has 0 unspecified atom stereocenters. The highest BCUT2D eigenvalue weighted by Crippen LogP contribution is 2.35. The van der Waals surface area contributed by atoms with Gasteiger partial charge in [0.25, 0.3) is 5.91 Å². The molecule has 2 aromatic rings. The number of methoxy groups -OCH3 is 1. The van der Waals surface area contributed by atoms with Gasteiger partial charge in [-0.15, -0.1) is 0 Å². The van der Waals surface area contributed by atoms with E-state index in [4.69, 9.17) is 4.74 Å². The van der Waals surface area contributed by atoms with Gasteiger partial charge in [0.1, 0.15) is 5.75 Å². The number of carbonyl (C=O) groups is 1. The summed E-state index contributed by atoms with van der Waals surface area (Å²) in [5.41, 5.74) is 4.30. The van der Waals surface area contributed by atoms with E-state index in [2.05, 4.69) is 24.3 Å². The van der Waals surface area contributed by atoms with Crippen molar-refractivity contribution in [2.24, 2.45) is 0 Å². The van der Waals surface area contributed by atoms with Crippen LogP contribution in [0.5, 0.6) is 5.75 Å². The lowest BCUT2D eigenvalue weighted by Gasteiger charge is -2.29. The summed E-state index contributed by atoms with van der Waals surface area (Å²) in [6.07, 6.45) is 6.16. The predicted octanol–water partition coefficient (Wildman–Crippen LogP) is 4.56. The van der Waals surface area contributed by atoms with Gasteiger partial charge in [0.05, 0.1) is 7.11 Å². The highest BCUT2D eigenvalue weighted by atomic mass is 16.5. The summed E-state index contributed by atoms with van der Waals surface area (Å²) in [5.74, 6) is 1.62. The second-order valence-electron chi connectivity index (χ2n) is 6.80. The molecule has 1 saturated carbocycles. The molecule has 1 amide bonds. The van der Waals surface area contributed by atoms with Gasteiger partial charge in [-0.1, -0.05) is 25.0 Å². The van der Waals surface area contributed by atoms with Crippen molar-refractivity contribution in [3.05, 3.63) is 59.2 Å². The second-order valence-corrected chi connectivity index (χ2v) is 6.80. The fourth-order valence-electron chi connectivity index (χ4n) is 4.02. The Morgan fingerprint density at radius 1 is 1.04 bits per heavy atom. The number of nitrogens with zero attached hydrogens (tertiary/aromatic N) is 1. The van der Waals surface area contributed by atoms with Crippen LogP contribution < -0.4 is 9.64 Å². The average Bonchev–Trinajstić information content (AvgIpc) is 3.16. The third-order valence-corrected chi connectivity index (χ3v) is 5.42. The van der Waals surface area contributed by atoms with Gasteiger partial charge in [0.15, 0.2) is 0 Å². The van der Waals surface area contributed by atoms with Gasteiger partial charge in [0.2, 0.25) is 0 Å². The Morgan fingerprint density at radius 3 is 2.50 bits per heavy atom. The first-order chi connectivity index (χ1) is 11.8. The molecule has 1 fully saturated rings. The summed E-state index contributed by atoms with van der Waals surface area (Å²) < 4.78 is 5.26. The van der Waals surface area contributed by atoms with Crippen LogP contribution in [0.1, 0.15) is 53.1 Å². The molecule has 2 aromatic carbocycles. The monoisotopic (exact) mass is 321 g/mol. The summed E-state index contributed by atoms with van der Waals surface area (Å²) >= 11 is 0. The van der Waals surface area contributed by atoms with Crippen molar-refractivity contribution >= 4 is 11.6 Å². The first-order valence-electron chi connectivity index (χ1n) is 8.85. The largest absolute Gasteiger partial charge is 0.497 e. The zero-order valence-electron chi connectivity index (χ0n) is 14.1. The molecule has 2 aliphatic rings. The standard InChI is InChI=1S/C21H23NO2/c1-24-19-10-11-20-17(14-19)12-13-22(21(20)23)18-8-6-16(7-9-18)15-4-2-3-5-15/h6-11,14-15H,2-5,12-13H2,1H3. The van der Waals surface area contributed by atoms with E-state index in [1.807, 2.05) is 23.1 Å². The molecule has 0 radical (unpaired) electrons. The quantitative estimate of drug-likeness (QED) is 0.829. The molecule has 0 bridgehead atoms. The number of hydrogen-bond acceptors (Lipinski definition) is 2. The maximum absolute atomic E-state index is 12.8. The van der Waals surface area contributed by atoms with Gasteiger partial charge < -0.3 is 9.64 Å². The molecule has 0 N–H and O–H groups in total. The fraction of sp³-hybridized carbons (Fsp3) is 0.381. The average molecular weight is 321 g/mol. The van der Waals surface area contributed by atoms with E-state index in [-0.39, 0.29) is 5.91 Å². The normalized spacial score (nSPS) is 17.9. The first kappa shape index (κ1) is 15.3. The Balaban J connectivity index is 1.57. The van der Waals surface area contributed by atoms with Crippen molar-refractivity contribution in [3.8, 4) is 5.75 Å². The van der Waals surface area contributed by atoms with E-state index in [9.17, 15) is 4.79 Å². The number of rotatable bonds is 3. The van der Waals surface area contributed by atoms with Gasteiger partial charge >= 0.3 is 0 Å². The third kappa shape index (κ3) is 2.68. The summed E-state index contributed by atoms with van der Waals surface area (Å²) in [6.45, 7) is 0.724. The highest BCUT2D eigenvalue weighted by Gasteiger charge is 2.26. The molecule has 4 rings (SSSR count). The number of ether oxygens (including phenoxy) is 1. The molecular weight excluding hydrogens is 298 g/mol. The minimum absolute atomic E-state index is 0.0903. The number of anilines is 1. The molecule has 1 aliphatic carbocycles. The first-order valence-corrected chi connectivity index (χ1v) is 8.85. The van der Waals surface area contributed by atoms with Gasteiger partial charge in [-0.3, -0.25) is 4.79 Å². The summed E-state index contributed by atoms with van der Waals surface area (Å²) in [7, 11) is 1.66. The van der Waals surface area contributed by atoms with Crippen LogP contribution in [0.2, 0.25) is 0 Å². The second kappa shape index (κ2) is 6.31. The van der Waals surface area contributed by atoms with E-state index < -0.39 is 0 Å². The molecule has 124 valence electrons. The topological polar surface area (TPSA) is 29.5 Å². The summed E-state index contributed by atoms with van der Waals surface area (Å²) in [4.78, 5) is 14.7. The lowest BCUT2D eigenvalue weighted by Crippen LogP contribution is -2.37. The number of carbonyl (C=O) groups excluding carboxylic acids is 1. The van der Waals surface area contributed by atoms with Crippen molar-refractivity contribution in [2.45, 2.75) is 38.0 Å². The lowest BCUT2D eigenvalue weighted by atomic mass is 9.96. The van der Waals surface area contributed by atoms with Gasteiger partial charge in [-0.25, -0.2) is 0 Å². The predicted molar refractivity (Wildman–Crippen MR) is 96.0 cm³/mol.